The summed E-state index contributed by atoms with van der Waals surface area (Å²) in [5, 5.41) is 4.93. The van der Waals surface area contributed by atoms with Crippen LogP contribution in [0, 0.1) is 0 Å². The van der Waals surface area contributed by atoms with E-state index in [2.05, 4.69) is 180 Å². The number of hydrogen-bond donors (Lipinski definition) is 0. The predicted molar refractivity (Wildman–Crippen MR) is 234 cm³/mol. The molecule has 0 saturated carbocycles. The zero-order valence-corrected chi connectivity index (χ0v) is 31.0. The molecule has 0 aliphatic rings. The van der Waals surface area contributed by atoms with Crippen molar-refractivity contribution in [2.24, 2.45) is 0 Å². The number of hydrogen-bond acceptors (Lipinski definition) is 4. The van der Waals surface area contributed by atoms with Gasteiger partial charge in [0.2, 0.25) is 0 Å². The first-order chi connectivity index (χ1) is 27.7. The average molecular weight is 733 g/mol. The summed E-state index contributed by atoms with van der Waals surface area (Å²) in [7, 11) is 0. The first-order valence-corrected chi connectivity index (χ1v) is 19.6. The van der Waals surface area contributed by atoms with Crippen molar-refractivity contribution in [3.8, 4) is 62.1 Å². The minimum absolute atomic E-state index is 0.631. The summed E-state index contributed by atoms with van der Waals surface area (Å²) < 4.78 is 4.79. The Morgan fingerprint density at radius 1 is 0.339 bits per heavy atom. The molecular weight excluding hydrogens is 701 g/mol. The molecular formula is C51H32N4S. The largest absolute Gasteiger partial charge is 0.309 e. The second kappa shape index (κ2) is 13.3. The van der Waals surface area contributed by atoms with Crippen molar-refractivity contribution in [1.82, 2.24) is 19.5 Å². The maximum Gasteiger partial charge on any atom is 0.164 e. The molecule has 0 fully saturated rings. The SMILES string of the molecule is c1ccc(-c2cc(-c3ccccc3)c3sc4cc(-c5nc(-c6ccccc6)nc(-c6cccc(-n7c8ccccc8c8ccccc87)c6)n5)ccc4c3c2)cc1. The second-order valence-corrected chi connectivity index (χ2v) is 15.1. The Morgan fingerprint density at radius 2 is 0.875 bits per heavy atom. The van der Waals surface area contributed by atoms with Gasteiger partial charge in [-0.05, 0) is 59.2 Å². The fraction of sp³-hybridized carbons (Fsp3) is 0. The van der Waals surface area contributed by atoms with Gasteiger partial charge in [0.05, 0.1) is 11.0 Å². The van der Waals surface area contributed by atoms with E-state index in [9.17, 15) is 0 Å². The van der Waals surface area contributed by atoms with E-state index in [1.54, 1.807) is 0 Å². The first-order valence-electron chi connectivity index (χ1n) is 18.8. The highest BCUT2D eigenvalue weighted by molar-refractivity contribution is 7.26. The molecule has 5 heteroatoms. The van der Waals surface area contributed by atoms with Gasteiger partial charge < -0.3 is 4.57 Å². The summed E-state index contributed by atoms with van der Waals surface area (Å²) in [5.41, 5.74) is 11.1. The number of benzene rings is 8. The van der Waals surface area contributed by atoms with E-state index in [1.165, 1.54) is 53.2 Å². The van der Waals surface area contributed by atoms with Gasteiger partial charge in [-0.1, -0.05) is 152 Å². The lowest BCUT2D eigenvalue weighted by Gasteiger charge is -2.11. The Balaban J connectivity index is 1.08. The lowest BCUT2D eigenvalue weighted by molar-refractivity contribution is 1.07. The number of rotatable bonds is 6. The zero-order chi connectivity index (χ0) is 37.0. The lowest BCUT2D eigenvalue weighted by Crippen LogP contribution is -2.01. The summed E-state index contributed by atoms with van der Waals surface area (Å²) >= 11 is 1.83. The minimum atomic E-state index is 0.631. The van der Waals surface area contributed by atoms with Crippen molar-refractivity contribution in [3.05, 3.63) is 194 Å². The van der Waals surface area contributed by atoms with E-state index < -0.39 is 0 Å². The maximum atomic E-state index is 5.20. The van der Waals surface area contributed by atoms with Crippen molar-refractivity contribution < 1.29 is 0 Å². The first kappa shape index (κ1) is 32.2. The molecule has 11 aromatic rings. The number of nitrogens with zero attached hydrogens (tertiary/aromatic N) is 4. The van der Waals surface area contributed by atoms with Gasteiger partial charge in [-0.15, -0.1) is 11.3 Å². The summed E-state index contributed by atoms with van der Waals surface area (Å²) in [4.78, 5) is 15.4. The summed E-state index contributed by atoms with van der Waals surface area (Å²) in [6.07, 6.45) is 0. The van der Waals surface area contributed by atoms with Crippen molar-refractivity contribution in [3.63, 3.8) is 0 Å². The Morgan fingerprint density at radius 3 is 1.54 bits per heavy atom. The van der Waals surface area contributed by atoms with Crippen molar-refractivity contribution >= 4 is 53.3 Å². The highest BCUT2D eigenvalue weighted by atomic mass is 32.1. The smallest absolute Gasteiger partial charge is 0.164 e. The van der Waals surface area contributed by atoms with Gasteiger partial charge in [-0.2, -0.15) is 0 Å². The third kappa shape index (κ3) is 5.48. The molecule has 0 aliphatic carbocycles. The van der Waals surface area contributed by atoms with Gasteiger partial charge in [-0.3, -0.25) is 0 Å². The number of aromatic nitrogens is 4. The van der Waals surface area contributed by atoms with E-state index in [-0.39, 0.29) is 0 Å². The molecule has 3 heterocycles. The van der Waals surface area contributed by atoms with E-state index in [0.29, 0.717) is 17.5 Å². The molecule has 0 N–H and O–H groups in total. The zero-order valence-electron chi connectivity index (χ0n) is 30.2. The van der Waals surface area contributed by atoms with E-state index in [0.717, 1.165) is 33.4 Å². The maximum absolute atomic E-state index is 5.20. The molecule has 0 atom stereocenters. The Hall–Kier alpha value is -7.21. The van der Waals surface area contributed by atoms with E-state index in [4.69, 9.17) is 15.0 Å². The van der Waals surface area contributed by atoms with Gasteiger partial charge in [0.15, 0.2) is 17.5 Å². The van der Waals surface area contributed by atoms with E-state index >= 15 is 0 Å². The van der Waals surface area contributed by atoms with Crippen LogP contribution >= 0.6 is 11.3 Å². The molecule has 0 bridgehead atoms. The van der Waals surface area contributed by atoms with Gasteiger partial charge >= 0.3 is 0 Å². The molecule has 3 aromatic heterocycles. The molecule has 4 nitrogen and oxygen atoms in total. The third-order valence-electron chi connectivity index (χ3n) is 10.6. The molecule has 0 unspecified atom stereocenters. The Labute approximate surface area is 327 Å². The molecule has 262 valence electrons. The van der Waals surface area contributed by atoms with Gasteiger partial charge in [-0.25, -0.2) is 15.0 Å². The fourth-order valence-electron chi connectivity index (χ4n) is 7.98. The van der Waals surface area contributed by atoms with Gasteiger partial charge in [0, 0.05) is 58.9 Å². The van der Waals surface area contributed by atoms with Crippen LogP contribution in [-0.4, -0.2) is 19.5 Å². The minimum Gasteiger partial charge on any atom is -0.309 e. The van der Waals surface area contributed by atoms with Crippen LogP contribution in [0.3, 0.4) is 0 Å². The average Bonchev–Trinajstić information content (AvgIpc) is 3.82. The lowest BCUT2D eigenvalue weighted by atomic mass is 9.96. The van der Waals surface area contributed by atoms with E-state index in [1.807, 2.05) is 29.5 Å². The molecule has 8 aromatic carbocycles. The van der Waals surface area contributed by atoms with Crippen LogP contribution in [0.25, 0.3) is 104 Å². The van der Waals surface area contributed by atoms with Gasteiger partial charge in [0.1, 0.15) is 0 Å². The quantitative estimate of drug-likeness (QED) is 0.171. The second-order valence-electron chi connectivity index (χ2n) is 14.0. The van der Waals surface area contributed by atoms with Crippen molar-refractivity contribution in [1.29, 1.82) is 0 Å². The van der Waals surface area contributed by atoms with Crippen molar-refractivity contribution in [2.75, 3.05) is 0 Å². The predicted octanol–water partition coefficient (Wildman–Crippen LogP) is 13.7. The number of para-hydroxylation sites is 2. The summed E-state index contributed by atoms with van der Waals surface area (Å²) in [6, 6.07) is 68.6. The van der Waals surface area contributed by atoms with Crippen LogP contribution in [0.1, 0.15) is 0 Å². The Kier molecular flexibility index (Phi) is 7.64. The standard InChI is InChI=1S/C51H32N4S/c1-4-15-33(16-5-1)38-30-43(34-17-6-2-7-18-34)48-44(31-38)42-28-27-37(32-47(42)56-48)51-53-49(35-19-8-3-9-20-35)52-50(54-51)36-21-14-22-39(29-36)55-45-25-12-10-23-40(45)41-24-11-13-26-46(41)55/h1-32H. The topological polar surface area (TPSA) is 43.6 Å². The van der Waals surface area contributed by atoms with Crippen molar-refractivity contribution in [2.45, 2.75) is 0 Å². The molecule has 11 rings (SSSR count). The highest BCUT2D eigenvalue weighted by Gasteiger charge is 2.18. The monoisotopic (exact) mass is 732 g/mol. The third-order valence-corrected chi connectivity index (χ3v) is 11.8. The summed E-state index contributed by atoms with van der Waals surface area (Å²) in [5.74, 6) is 1.92. The highest BCUT2D eigenvalue weighted by Crippen LogP contribution is 2.44. The van der Waals surface area contributed by atoms with Gasteiger partial charge in [0.25, 0.3) is 0 Å². The fourth-order valence-corrected chi connectivity index (χ4v) is 9.24. The van der Waals surface area contributed by atoms with Crippen LogP contribution in [0.15, 0.2) is 194 Å². The molecule has 0 radical (unpaired) electrons. The van der Waals surface area contributed by atoms with Crippen LogP contribution in [0.4, 0.5) is 0 Å². The molecule has 56 heavy (non-hydrogen) atoms. The van der Waals surface area contributed by atoms with Crippen LogP contribution in [0.5, 0.6) is 0 Å². The number of fused-ring (bicyclic) bond motifs is 6. The molecule has 0 amide bonds. The molecule has 0 saturated heterocycles. The summed E-state index contributed by atoms with van der Waals surface area (Å²) in [6.45, 7) is 0. The Bertz CT molecular complexity index is 3190. The number of thiophene rings is 1. The van der Waals surface area contributed by atoms with Crippen LogP contribution in [-0.2, 0) is 0 Å². The van der Waals surface area contributed by atoms with Crippen LogP contribution < -0.4 is 0 Å². The molecule has 0 aliphatic heterocycles. The molecule has 0 spiro atoms. The van der Waals surface area contributed by atoms with Crippen LogP contribution in [0.2, 0.25) is 0 Å². The normalized spacial score (nSPS) is 11.6.